The lowest BCUT2D eigenvalue weighted by Crippen LogP contribution is -2.33. The molecule has 0 radical (unpaired) electrons. The van der Waals surface area contributed by atoms with Gasteiger partial charge in [0.15, 0.2) is 0 Å². The van der Waals surface area contributed by atoms with Crippen molar-refractivity contribution < 1.29 is 22.8 Å². The third-order valence-electron chi connectivity index (χ3n) is 5.02. The molecule has 32 heavy (non-hydrogen) atoms. The second-order valence-corrected chi connectivity index (χ2v) is 7.61. The third kappa shape index (κ3) is 4.99. The van der Waals surface area contributed by atoms with Crippen LogP contribution in [0.4, 0.5) is 18.9 Å². The SMILES string of the molecule is Cc1cc(C)c(NC(=O)CNC(=O)c2cnn(-c3cccc(C(F)(F)F)c3)c2C)c(C)c1. The Morgan fingerprint density at radius 2 is 1.69 bits per heavy atom. The zero-order valence-corrected chi connectivity index (χ0v) is 18.1. The molecule has 2 aromatic carbocycles. The normalized spacial score (nSPS) is 11.3. The summed E-state index contributed by atoms with van der Waals surface area (Å²) in [5, 5.41) is 9.37. The highest BCUT2D eigenvalue weighted by molar-refractivity contribution is 6.00. The number of hydrogen-bond donors (Lipinski definition) is 2. The van der Waals surface area contributed by atoms with E-state index in [1.807, 2.05) is 32.9 Å². The Labute approximate surface area is 183 Å². The summed E-state index contributed by atoms with van der Waals surface area (Å²) in [7, 11) is 0. The molecule has 0 saturated heterocycles. The molecule has 0 unspecified atom stereocenters. The van der Waals surface area contributed by atoms with E-state index in [0.29, 0.717) is 11.4 Å². The monoisotopic (exact) mass is 444 g/mol. The molecule has 0 fully saturated rings. The predicted octanol–water partition coefficient (Wildman–Crippen LogP) is 4.49. The van der Waals surface area contributed by atoms with E-state index in [9.17, 15) is 22.8 Å². The molecule has 0 saturated carbocycles. The van der Waals surface area contributed by atoms with Gasteiger partial charge in [-0.15, -0.1) is 0 Å². The molecular formula is C23H23F3N4O2. The highest BCUT2D eigenvalue weighted by Crippen LogP contribution is 2.30. The number of rotatable bonds is 5. The van der Waals surface area contributed by atoms with Gasteiger partial charge in [-0.1, -0.05) is 23.8 Å². The number of carbonyl (C=O) groups is 2. The molecule has 168 valence electrons. The molecule has 1 aromatic heterocycles. The number of amides is 2. The van der Waals surface area contributed by atoms with Crippen LogP contribution in [0.2, 0.25) is 0 Å². The first-order valence-corrected chi connectivity index (χ1v) is 9.85. The average molecular weight is 444 g/mol. The van der Waals surface area contributed by atoms with Crippen molar-refractivity contribution in [3.63, 3.8) is 0 Å². The Morgan fingerprint density at radius 3 is 2.31 bits per heavy atom. The molecule has 0 aliphatic rings. The molecule has 9 heteroatoms. The Bertz CT molecular complexity index is 1160. The van der Waals surface area contributed by atoms with Crippen molar-refractivity contribution in [2.24, 2.45) is 0 Å². The van der Waals surface area contributed by atoms with Gasteiger partial charge < -0.3 is 10.6 Å². The van der Waals surface area contributed by atoms with Gasteiger partial charge in [0, 0.05) is 5.69 Å². The molecular weight excluding hydrogens is 421 g/mol. The number of benzene rings is 2. The molecule has 3 aromatic rings. The van der Waals surface area contributed by atoms with Crippen molar-refractivity contribution in [2.75, 3.05) is 11.9 Å². The van der Waals surface area contributed by atoms with Gasteiger partial charge in [-0.05, 0) is 57.0 Å². The van der Waals surface area contributed by atoms with Crippen LogP contribution < -0.4 is 10.6 Å². The lowest BCUT2D eigenvalue weighted by Gasteiger charge is -2.13. The molecule has 6 nitrogen and oxygen atoms in total. The van der Waals surface area contributed by atoms with E-state index in [1.165, 1.54) is 23.0 Å². The van der Waals surface area contributed by atoms with Gasteiger partial charge in [0.1, 0.15) is 0 Å². The smallest absolute Gasteiger partial charge is 0.343 e. The standard InChI is InChI=1S/C23H23F3N4O2/c1-13-8-14(2)21(15(3)9-13)29-20(31)12-27-22(32)19-11-28-30(16(19)4)18-7-5-6-17(10-18)23(24,25)26/h5-11H,12H2,1-4H3,(H,27,32)(H,29,31). The Balaban J connectivity index is 1.70. The molecule has 0 aliphatic heterocycles. The zero-order chi connectivity index (χ0) is 23.6. The fourth-order valence-electron chi connectivity index (χ4n) is 3.52. The third-order valence-corrected chi connectivity index (χ3v) is 5.02. The van der Waals surface area contributed by atoms with Crippen molar-refractivity contribution in [1.82, 2.24) is 15.1 Å². The maximum atomic E-state index is 13.0. The van der Waals surface area contributed by atoms with E-state index in [-0.39, 0.29) is 17.8 Å². The second kappa shape index (κ2) is 8.86. The van der Waals surface area contributed by atoms with E-state index in [0.717, 1.165) is 28.8 Å². The molecule has 0 spiro atoms. The Hall–Kier alpha value is -3.62. The van der Waals surface area contributed by atoms with Crippen LogP contribution >= 0.6 is 0 Å². The highest BCUT2D eigenvalue weighted by Gasteiger charge is 2.30. The summed E-state index contributed by atoms with van der Waals surface area (Å²) in [6, 6.07) is 8.57. The fraction of sp³-hybridized carbons (Fsp3) is 0.261. The van der Waals surface area contributed by atoms with Gasteiger partial charge in [0.05, 0.1) is 35.2 Å². The maximum Gasteiger partial charge on any atom is 0.416 e. The van der Waals surface area contributed by atoms with Crippen LogP contribution in [0, 0.1) is 27.7 Å². The van der Waals surface area contributed by atoms with Gasteiger partial charge >= 0.3 is 6.18 Å². The second-order valence-electron chi connectivity index (χ2n) is 7.61. The minimum atomic E-state index is -4.49. The van der Waals surface area contributed by atoms with E-state index in [4.69, 9.17) is 0 Å². The van der Waals surface area contributed by atoms with Gasteiger partial charge in [-0.2, -0.15) is 18.3 Å². The van der Waals surface area contributed by atoms with Crippen LogP contribution in [0.5, 0.6) is 0 Å². The summed E-state index contributed by atoms with van der Waals surface area (Å²) < 4.78 is 40.2. The first-order valence-electron chi connectivity index (χ1n) is 9.85. The van der Waals surface area contributed by atoms with Crippen LogP contribution in [-0.2, 0) is 11.0 Å². The topological polar surface area (TPSA) is 76.0 Å². The van der Waals surface area contributed by atoms with Crippen molar-refractivity contribution >= 4 is 17.5 Å². The molecule has 2 amide bonds. The first kappa shape index (κ1) is 23.1. The maximum absolute atomic E-state index is 13.0. The van der Waals surface area contributed by atoms with Gasteiger partial charge in [0.2, 0.25) is 5.91 Å². The number of aromatic nitrogens is 2. The number of aryl methyl sites for hydroxylation is 3. The van der Waals surface area contributed by atoms with Crippen molar-refractivity contribution in [3.05, 3.63) is 76.1 Å². The Morgan fingerprint density at radius 1 is 1.03 bits per heavy atom. The van der Waals surface area contributed by atoms with E-state index >= 15 is 0 Å². The Kier molecular flexibility index (Phi) is 6.38. The highest BCUT2D eigenvalue weighted by atomic mass is 19.4. The largest absolute Gasteiger partial charge is 0.416 e. The van der Waals surface area contributed by atoms with Crippen molar-refractivity contribution in [1.29, 1.82) is 0 Å². The quantitative estimate of drug-likeness (QED) is 0.609. The summed E-state index contributed by atoms with van der Waals surface area (Å²) in [6.45, 7) is 7.05. The zero-order valence-electron chi connectivity index (χ0n) is 18.1. The summed E-state index contributed by atoms with van der Waals surface area (Å²) in [4.78, 5) is 24.9. The van der Waals surface area contributed by atoms with Crippen LogP contribution in [0.15, 0.2) is 42.6 Å². The molecule has 2 N–H and O–H groups in total. The molecule has 1 heterocycles. The summed E-state index contributed by atoms with van der Waals surface area (Å²) in [5.74, 6) is -0.940. The number of halogens is 3. The number of nitrogens with zero attached hydrogens (tertiary/aromatic N) is 2. The first-order chi connectivity index (χ1) is 15.0. The van der Waals surface area contributed by atoms with Crippen LogP contribution in [-0.4, -0.2) is 28.1 Å². The molecule has 0 atom stereocenters. The number of hydrogen-bond acceptors (Lipinski definition) is 3. The van der Waals surface area contributed by atoms with Crippen LogP contribution in [0.25, 0.3) is 5.69 Å². The van der Waals surface area contributed by atoms with E-state index in [2.05, 4.69) is 15.7 Å². The number of anilines is 1. The molecule has 0 aliphatic carbocycles. The van der Waals surface area contributed by atoms with Gasteiger partial charge in [0.25, 0.3) is 5.91 Å². The summed E-state index contributed by atoms with van der Waals surface area (Å²) in [5.41, 5.74) is 3.50. The fourth-order valence-corrected chi connectivity index (χ4v) is 3.52. The predicted molar refractivity (Wildman–Crippen MR) is 115 cm³/mol. The lowest BCUT2D eigenvalue weighted by molar-refractivity contribution is -0.137. The summed E-state index contributed by atoms with van der Waals surface area (Å²) >= 11 is 0. The average Bonchev–Trinajstić information content (AvgIpc) is 3.09. The van der Waals surface area contributed by atoms with E-state index < -0.39 is 23.6 Å². The lowest BCUT2D eigenvalue weighted by atomic mass is 10.1. The van der Waals surface area contributed by atoms with Crippen molar-refractivity contribution in [2.45, 2.75) is 33.9 Å². The molecule has 0 bridgehead atoms. The minimum absolute atomic E-state index is 0.165. The number of carbonyl (C=O) groups excluding carboxylic acids is 2. The van der Waals surface area contributed by atoms with Gasteiger partial charge in [-0.25, -0.2) is 4.68 Å². The minimum Gasteiger partial charge on any atom is -0.343 e. The van der Waals surface area contributed by atoms with Crippen LogP contribution in [0.1, 0.15) is 38.3 Å². The van der Waals surface area contributed by atoms with Crippen LogP contribution in [0.3, 0.4) is 0 Å². The van der Waals surface area contributed by atoms with Gasteiger partial charge in [-0.3, -0.25) is 9.59 Å². The summed E-state index contributed by atoms with van der Waals surface area (Å²) in [6.07, 6.45) is -3.23. The number of alkyl halides is 3. The number of nitrogens with one attached hydrogen (secondary N) is 2. The molecule has 3 rings (SSSR count). The van der Waals surface area contributed by atoms with Crippen molar-refractivity contribution in [3.8, 4) is 5.69 Å². The van der Waals surface area contributed by atoms with E-state index in [1.54, 1.807) is 6.92 Å².